The SMILES string of the molecule is CNCn1c(C)[n+](Cc2c(F)cccc2Cl)c2ccccc21. The zero-order valence-corrected chi connectivity index (χ0v) is 13.4. The Labute approximate surface area is 133 Å². The average Bonchev–Trinajstić information content (AvgIpc) is 2.77. The van der Waals surface area contributed by atoms with E-state index in [0.29, 0.717) is 23.8 Å². The van der Waals surface area contributed by atoms with Crippen LogP contribution in [0.5, 0.6) is 0 Å². The van der Waals surface area contributed by atoms with Crippen LogP contribution in [0, 0.1) is 12.7 Å². The third-order valence-electron chi connectivity index (χ3n) is 3.94. The number of nitrogens with zero attached hydrogens (tertiary/aromatic N) is 2. The maximum absolute atomic E-state index is 14.1. The number of imidazole rings is 1. The summed E-state index contributed by atoms with van der Waals surface area (Å²) in [5, 5.41) is 3.62. The maximum atomic E-state index is 14.1. The minimum Gasteiger partial charge on any atom is -0.284 e. The van der Waals surface area contributed by atoms with Crippen LogP contribution in [-0.2, 0) is 13.2 Å². The molecule has 1 N–H and O–H groups in total. The van der Waals surface area contributed by atoms with Crippen molar-refractivity contribution in [3.8, 4) is 0 Å². The number of halogens is 2. The highest BCUT2D eigenvalue weighted by Gasteiger charge is 2.22. The van der Waals surface area contributed by atoms with Gasteiger partial charge in [-0.25, -0.2) is 13.5 Å². The standard InChI is InChI=1S/C17H18ClFN3/c1-12-21(10-13-14(18)6-5-7-15(13)19)16-8-3-4-9-17(16)22(12)11-20-2/h3-9,20H,10-11H2,1-2H3/q+1. The predicted molar refractivity (Wildman–Crippen MR) is 86.4 cm³/mol. The van der Waals surface area contributed by atoms with E-state index in [-0.39, 0.29) is 5.82 Å². The van der Waals surface area contributed by atoms with Gasteiger partial charge in [-0.05, 0) is 31.3 Å². The van der Waals surface area contributed by atoms with Crippen molar-refractivity contribution < 1.29 is 8.96 Å². The third-order valence-corrected chi connectivity index (χ3v) is 4.29. The second kappa shape index (κ2) is 6.07. The third kappa shape index (κ3) is 2.49. The first kappa shape index (κ1) is 15.0. The molecule has 0 spiro atoms. The Morgan fingerprint density at radius 3 is 2.68 bits per heavy atom. The first-order valence-electron chi connectivity index (χ1n) is 7.18. The number of hydrogen-bond acceptors (Lipinski definition) is 1. The summed E-state index contributed by atoms with van der Waals surface area (Å²) in [5.41, 5.74) is 2.70. The number of aromatic nitrogens is 2. The Kier molecular flexibility index (Phi) is 4.14. The number of benzene rings is 2. The molecule has 3 nitrogen and oxygen atoms in total. The van der Waals surface area contributed by atoms with E-state index in [2.05, 4.69) is 20.5 Å². The fourth-order valence-corrected chi connectivity index (χ4v) is 3.04. The number of fused-ring (bicyclic) bond motifs is 1. The molecular weight excluding hydrogens is 301 g/mol. The lowest BCUT2D eigenvalue weighted by Gasteiger charge is -2.05. The Bertz CT molecular complexity index is 806. The topological polar surface area (TPSA) is 20.8 Å². The zero-order valence-electron chi connectivity index (χ0n) is 12.6. The van der Waals surface area contributed by atoms with Crippen LogP contribution in [0.15, 0.2) is 42.5 Å². The lowest BCUT2D eigenvalue weighted by atomic mass is 10.2. The van der Waals surface area contributed by atoms with E-state index in [1.807, 2.05) is 32.2 Å². The minimum atomic E-state index is -0.273. The minimum absolute atomic E-state index is 0.273. The molecule has 2 aromatic carbocycles. The van der Waals surface area contributed by atoms with Crippen LogP contribution in [-0.4, -0.2) is 11.6 Å². The fourth-order valence-electron chi connectivity index (χ4n) is 2.81. The largest absolute Gasteiger partial charge is 0.284 e. The quantitative estimate of drug-likeness (QED) is 0.732. The molecule has 0 amide bonds. The van der Waals surface area contributed by atoms with E-state index in [0.717, 1.165) is 16.9 Å². The summed E-state index contributed by atoms with van der Waals surface area (Å²) in [6.45, 7) is 3.14. The van der Waals surface area contributed by atoms with Gasteiger partial charge in [-0.1, -0.05) is 29.8 Å². The van der Waals surface area contributed by atoms with Gasteiger partial charge in [0.15, 0.2) is 11.0 Å². The molecule has 114 valence electrons. The van der Waals surface area contributed by atoms with Gasteiger partial charge in [-0.3, -0.25) is 5.32 Å². The molecule has 3 aromatic rings. The number of para-hydroxylation sites is 2. The van der Waals surface area contributed by atoms with Gasteiger partial charge in [-0.2, -0.15) is 0 Å². The first-order valence-corrected chi connectivity index (χ1v) is 7.56. The molecule has 0 fully saturated rings. The Hall–Kier alpha value is -1.91. The molecule has 3 rings (SSSR count). The van der Waals surface area contributed by atoms with Gasteiger partial charge in [-0.15, -0.1) is 0 Å². The second-order valence-electron chi connectivity index (χ2n) is 5.26. The monoisotopic (exact) mass is 318 g/mol. The van der Waals surface area contributed by atoms with E-state index >= 15 is 0 Å². The highest BCUT2D eigenvalue weighted by Crippen LogP contribution is 2.20. The molecule has 0 unspecified atom stereocenters. The van der Waals surface area contributed by atoms with Gasteiger partial charge >= 0.3 is 0 Å². The van der Waals surface area contributed by atoms with Crippen molar-refractivity contribution in [3.63, 3.8) is 0 Å². The summed E-state index contributed by atoms with van der Waals surface area (Å²) in [4.78, 5) is 0. The van der Waals surface area contributed by atoms with Crippen LogP contribution in [0.2, 0.25) is 5.02 Å². The van der Waals surface area contributed by atoms with Gasteiger partial charge in [0.25, 0.3) is 5.82 Å². The normalized spacial score (nSPS) is 11.3. The van der Waals surface area contributed by atoms with Crippen molar-refractivity contribution in [2.24, 2.45) is 0 Å². The van der Waals surface area contributed by atoms with Crippen LogP contribution in [0.3, 0.4) is 0 Å². The summed E-state index contributed by atoms with van der Waals surface area (Å²) in [5.74, 6) is 0.778. The lowest BCUT2D eigenvalue weighted by molar-refractivity contribution is -0.669. The van der Waals surface area contributed by atoms with Crippen molar-refractivity contribution in [3.05, 3.63) is 64.7 Å². The molecular formula is C17H18ClFN3+. The van der Waals surface area contributed by atoms with E-state index in [4.69, 9.17) is 11.6 Å². The Morgan fingerprint density at radius 1 is 1.18 bits per heavy atom. The first-order chi connectivity index (χ1) is 10.6. The Morgan fingerprint density at radius 2 is 1.95 bits per heavy atom. The van der Waals surface area contributed by atoms with E-state index in [1.54, 1.807) is 12.1 Å². The number of nitrogens with one attached hydrogen (secondary N) is 1. The molecule has 0 atom stereocenters. The smallest absolute Gasteiger partial charge is 0.255 e. The van der Waals surface area contributed by atoms with Crippen molar-refractivity contribution in [2.75, 3.05) is 7.05 Å². The van der Waals surface area contributed by atoms with E-state index in [1.165, 1.54) is 6.07 Å². The maximum Gasteiger partial charge on any atom is 0.255 e. The molecule has 0 saturated carbocycles. The summed E-state index contributed by atoms with van der Waals surface area (Å²) in [7, 11) is 1.91. The van der Waals surface area contributed by atoms with Crippen molar-refractivity contribution in [1.29, 1.82) is 0 Å². The average molecular weight is 319 g/mol. The molecule has 0 radical (unpaired) electrons. The number of hydrogen-bond donors (Lipinski definition) is 1. The molecule has 0 aliphatic heterocycles. The fraction of sp³-hybridized carbons (Fsp3) is 0.235. The number of rotatable bonds is 4. The molecule has 1 heterocycles. The molecule has 1 aromatic heterocycles. The van der Waals surface area contributed by atoms with Crippen molar-refractivity contribution in [1.82, 2.24) is 9.88 Å². The highest BCUT2D eigenvalue weighted by molar-refractivity contribution is 6.31. The lowest BCUT2D eigenvalue weighted by Crippen LogP contribution is -2.38. The summed E-state index contributed by atoms with van der Waals surface area (Å²) < 4.78 is 18.4. The van der Waals surface area contributed by atoms with E-state index in [9.17, 15) is 4.39 Å². The van der Waals surface area contributed by atoms with Gasteiger partial charge in [0, 0.05) is 12.5 Å². The van der Waals surface area contributed by atoms with E-state index < -0.39 is 0 Å². The Balaban J connectivity index is 2.17. The van der Waals surface area contributed by atoms with Gasteiger partial charge < -0.3 is 0 Å². The summed E-state index contributed by atoms with van der Waals surface area (Å²) in [6, 6.07) is 12.9. The van der Waals surface area contributed by atoms with Crippen LogP contribution in [0.1, 0.15) is 11.4 Å². The molecule has 0 bridgehead atoms. The van der Waals surface area contributed by atoms with Gasteiger partial charge in [0.05, 0.1) is 5.02 Å². The summed E-state index contributed by atoms with van der Waals surface area (Å²) in [6.07, 6.45) is 0. The second-order valence-corrected chi connectivity index (χ2v) is 5.67. The molecule has 22 heavy (non-hydrogen) atoms. The highest BCUT2D eigenvalue weighted by atomic mass is 35.5. The van der Waals surface area contributed by atoms with Crippen molar-refractivity contribution in [2.45, 2.75) is 20.1 Å². The van der Waals surface area contributed by atoms with Crippen LogP contribution in [0.25, 0.3) is 11.0 Å². The predicted octanol–water partition coefficient (Wildman–Crippen LogP) is 3.25. The van der Waals surface area contributed by atoms with Crippen molar-refractivity contribution >= 4 is 22.6 Å². The van der Waals surface area contributed by atoms with Crippen LogP contribution in [0.4, 0.5) is 4.39 Å². The molecule has 0 aliphatic rings. The van der Waals surface area contributed by atoms with Gasteiger partial charge in [0.1, 0.15) is 19.0 Å². The van der Waals surface area contributed by atoms with Gasteiger partial charge in [0.2, 0.25) is 0 Å². The molecule has 0 aliphatic carbocycles. The van der Waals surface area contributed by atoms with Crippen LogP contribution < -0.4 is 9.88 Å². The molecule has 0 saturated heterocycles. The van der Waals surface area contributed by atoms with Crippen LogP contribution >= 0.6 is 11.6 Å². The molecule has 5 heteroatoms. The summed E-state index contributed by atoms with van der Waals surface area (Å²) >= 11 is 6.18. The zero-order chi connectivity index (χ0) is 15.7.